The van der Waals surface area contributed by atoms with Gasteiger partial charge in [0.25, 0.3) is 0 Å². The molecule has 62 heavy (non-hydrogen) atoms. The Labute approximate surface area is 362 Å². The van der Waals surface area contributed by atoms with E-state index in [0.29, 0.717) is 5.92 Å². The van der Waals surface area contributed by atoms with Crippen molar-refractivity contribution in [2.45, 2.75) is 18.9 Å². The molecule has 0 N–H and O–H groups in total. The number of anilines is 2. The maximum atomic E-state index is 2.60. The number of para-hydroxylation sites is 2. The number of rotatable bonds is 7. The SMILES string of the molecule is C1=CC(C2=CCC(N(c3cccc(-c4cccc5c4c4ccccc4n5-c4ccccc4)c3)c3cc4ccccc4c4ccccc34)C=C2)CC=C1c1cccc2ccccc12. The summed E-state index contributed by atoms with van der Waals surface area (Å²) in [5.41, 5.74) is 12.4. The molecule has 0 amide bonds. The minimum atomic E-state index is 0.115. The van der Waals surface area contributed by atoms with Gasteiger partial charge in [-0.1, -0.05) is 188 Å². The van der Waals surface area contributed by atoms with E-state index in [-0.39, 0.29) is 6.04 Å². The first-order valence-electron chi connectivity index (χ1n) is 21.9. The molecule has 0 saturated heterocycles. The van der Waals surface area contributed by atoms with Gasteiger partial charge in [-0.2, -0.15) is 0 Å². The third-order valence-electron chi connectivity index (χ3n) is 13.2. The molecule has 2 aliphatic rings. The molecule has 0 aliphatic heterocycles. The normalized spacial score (nSPS) is 16.3. The van der Waals surface area contributed by atoms with Crippen molar-refractivity contribution < 1.29 is 0 Å². The lowest BCUT2D eigenvalue weighted by molar-refractivity contribution is 0.733. The number of aromatic nitrogens is 1. The fourth-order valence-electron chi connectivity index (χ4n) is 10.3. The van der Waals surface area contributed by atoms with E-state index >= 15 is 0 Å². The fourth-order valence-corrected chi connectivity index (χ4v) is 10.3. The molecule has 0 bridgehead atoms. The van der Waals surface area contributed by atoms with Crippen molar-refractivity contribution in [3.8, 4) is 16.8 Å². The monoisotopic (exact) mass is 792 g/mol. The predicted octanol–water partition coefficient (Wildman–Crippen LogP) is 16.0. The van der Waals surface area contributed by atoms with Crippen molar-refractivity contribution in [1.29, 1.82) is 0 Å². The van der Waals surface area contributed by atoms with Crippen LogP contribution in [0.3, 0.4) is 0 Å². The van der Waals surface area contributed by atoms with E-state index in [1.165, 1.54) is 99.0 Å². The van der Waals surface area contributed by atoms with Crippen LogP contribution in [-0.4, -0.2) is 10.6 Å². The topological polar surface area (TPSA) is 8.17 Å². The maximum absolute atomic E-state index is 2.60. The van der Waals surface area contributed by atoms with Gasteiger partial charge in [0.1, 0.15) is 0 Å². The van der Waals surface area contributed by atoms with Gasteiger partial charge in [0.05, 0.1) is 22.8 Å². The molecule has 2 heteroatoms. The molecule has 10 aromatic rings. The lowest BCUT2D eigenvalue weighted by Gasteiger charge is -2.35. The average molecular weight is 793 g/mol. The van der Waals surface area contributed by atoms with Gasteiger partial charge in [0.15, 0.2) is 0 Å². The highest BCUT2D eigenvalue weighted by Gasteiger charge is 2.26. The minimum Gasteiger partial charge on any atom is -0.334 e. The Morgan fingerprint density at radius 2 is 1.13 bits per heavy atom. The molecule has 9 aromatic carbocycles. The van der Waals surface area contributed by atoms with Gasteiger partial charge < -0.3 is 9.47 Å². The third-order valence-corrected chi connectivity index (χ3v) is 13.2. The Bertz CT molecular complexity index is 3480. The molecule has 294 valence electrons. The summed E-state index contributed by atoms with van der Waals surface area (Å²) >= 11 is 0. The van der Waals surface area contributed by atoms with Crippen LogP contribution in [0.25, 0.3) is 76.5 Å². The molecule has 0 fully saturated rings. The molecule has 2 unspecified atom stereocenters. The molecule has 2 atom stereocenters. The van der Waals surface area contributed by atoms with E-state index in [1.54, 1.807) is 0 Å². The summed E-state index contributed by atoms with van der Waals surface area (Å²) in [7, 11) is 0. The van der Waals surface area contributed by atoms with Crippen LogP contribution in [0.4, 0.5) is 11.4 Å². The Balaban J connectivity index is 0.952. The number of fused-ring (bicyclic) bond motifs is 7. The highest BCUT2D eigenvalue weighted by Crippen LogP contribution is 2.44. The molecule has 1 aromatic heterocycles. The minimum absolute atomic E-state index is 0.115. The standard InChI is InChI=1S/C60H44N2/c1-2-19-47(20-3-1)62-57-29-11-10-26-56(57)60-53(28-14-30-58(60)62)45-18-12-21-49(39-45)61(59-40-46-16-5-7-23-52(46)54-24-8-9-25-55(54)59)48-37-35-42(36-38-48)41-31-33-44(34-32-41)51-27-13-17-43-15-4-6-22-50(43)51/h1-31,33-37,39-41,48H,32,38H2. The lowest BCUT2D eigenvalue weighted by Crippen LogP contribution is -2.30. The van der Waals surface area contributed by atoms with Crippen molar-refractivity contribution in [3.63, 3.8) is 0 Å². The zero-order valence-electron chi connectivity index (χ0n) is 34.4. The Morgan fingerprint density at radius 1 is 0.452 bits per heavy atom. The molecule has 2 aliphatic carbocycles. The quantitative estimate of drug-likeness (QED) is 0.146. The first-order chi connectivity index (χ1) is 30.8. The van der Waals surface area contributed by atoms with E-state index in [4.69, 9.17) is 0 Å². The van der Waals surface area contributed by atoms with Crippen LogP contribution < -0.4 is 4.90 Å². The summed E-state index contributed by atoms with van der Waals surface area (Å²) in [6, 6.07) is 71.2. The summed E-state index contributed by atoms with van der Waals surface area (Å²) in [6.45, 7) is 0. The summed E-state index contributed by atoms with van der Waals surface area (Å²) in [6.07, 6.45) is 16.4. The van der Waals surface area contributed by atoms with E-state index in [0.717, 1.165) is 12.8 Å². The van der Waals surface area contributed by atoms with Crippen LogP contribution in [0.1, 0.15) is 18.4 Å². The fraction of sp³-hybridized carbons (Fsp3) is 0.0667. The van der Waals surface area contributed by atoms with E-state index in [1.807, 2.05) is 0 Å². The summed E-state index contributed by atoms with van der Waals surface area (Å²) in [4.78, 5) is 2.60. The van der Waals surface area contributed by atoms with Crippen LogP contribution in [0.2, 0.25) is 0 Å². The zero-order valence-corrected chi connectivity index (χ0v) is 34.4. The van der Waals surface area contributed by atoms with Crippen molar-refractivity contribution in [1.82, 2.24) is 4.57 Å². The first-order valence-corrected chi connectivity index (χ1v) is 21.9. The van der Waals surface area contributed by atoms with Gasteiger partial charge in [-0.3, -0.25) is 0 Å². The van der Waals surface area contributed by atoms with Crippen molar-refractivity contribution in [2.75, 3.05) is 4.90 Å². The number of hydrogen-bond donors (Lipinski definition) is 0. The number of hydrogen-bond acceptors (Lipinski definition) is 1. The zero-order chi connectivity index (χ0) is 41.0. The van der Waals surface area contributed by atoms with Gasteiger partial charge in [-0.05, 0) is 110 Å². The molecule has 2 nitrogen and oxygen atoms in total. The largest absolute Gasteiger partial charge is 0.334 e. The highest BCUT2D eigenvalue weighted by atomic mass is 15.2. The third kappa shape index (κ3) is 6.10. The molecule has 0 spiro atoms. The molecule has 12 rings (SSSR count). The summed E-state index contributed by atoms with van der Waals surface area (Å²) < 4.78 is 2.41. The average Bonchev–Trinajstić information content (AvgIpc) is 3.69. The Kier molecular flexibility index (Phi) is 8.81. The lowest BCUT2D eigenvalue weighted by atomic mass is 9.84. The first kappa shape index (κ1) is 36.2. The summed E-state index contributed by atoms with van der Waals surface area (Å²) in [5.74, 6) is 0.350. The molecule has 0 saturated carbocycles. The van der Waals surface area contributed by atoms with Crippen LogP contribution in [0.5, 0.6) is 0 Å². The van der Waals surface area contributed by atoms with Crippen LogP contribution in [0, 0.1) is 5.92 Å². The van der Waals surface area contributed by atoms with E-state index in [2.05, 4.69) is 240 Å². The molecule has 0 radical (unpaired) electrons. The van der Waals surface area contributed by atoms with Gasteiger partial charge in [-0.25, -0.2) is 0 Å². The number of benzene rings is 9. The maximum Gasteiger partial charge on any atom is 0.0560 e. The van der Waals surface area contributed by atoms with Gasteiger partial charge in [-0.15, -0.1) is 0 Å². The highest BCUT2D eigenvalue weighted by molar-refractivity contribution is 6.16. The Hall–Kier alpha value is -7.68. The molecular weight excluding hydrogens is 749 g/mol. The molecule has 1 heterocycles. The van der Waals surface area contributed by atoms with Gasteiger partial charge in [0.2, 0.25) is 0 Å². The number of allylic oxidation sites excluding steroid dienone is 6. The van der Waals surface area contributed by atoms with Crippen LogP contribution >= 0.6 is 0 Å². The van der Waals surface area contributed by atoms with Crippen molar-refractivity contribution in [2.24, 2.45) is 5.92 Å². The number of nitrogens with zero attached hydrogens (tertiary/aromatic N) is 2. The van der Waals surface area contributed by atoms with Gasteiger partial charge in [0, 0.05) is 33.5 Å². The van der Waals surface area contributed by atoms with Crippen LogP contribution in [-0.2, 0) is 0 Å². The molecular formula is C60H44N2. The van der Waals surface area contributed by atoms with Crippen LogP contribution in [0.15, 0.2) is 236 Å². The van der Waals surface area contributed by atoms with Crippen molar-refractivity contribution >= 4 is 71.1 Å². The predicted molar refractivity (Wildman–Crippen MR) is 265 cm³/mol. The van der Waals surface area contributed by atoms with Gasteiger partial charge >= 0.3 is 0 Å². The Morgan fingerprint density at radius 3 is 1.95 bits per heavy atom. The van der Waals surface area contributed by atoms with Crippen molar-refractivity contribution in [3.05, 3.63) is 242 Å². The second-order valence-electron chi connectivity index (χ2n) is 16.7. The van der Waals surface area contributed by atoms with E-state index < -0.39 is 0 Å². The van der Waals surface area contributed by atoms with E-state index in [9.17, 15) is 0 Å². The second-order valence-corrected chi connectivity index (χ2v) is 16.7. The smallest absolute Gasteiger partial charge is 0.0560 e. The second kappa shape index (κ2) is 15.1. The summed E-state index contributed by atoms with van der Waals surface area (Å²) in [5, 5.41) is 10.2.